The minimum absolute atomic E-state index is 0.238. The number of carbonyl (C=O) groups excluding carboxylic acids is 1. The Morgan fingerprint density at radius 2 is 2.00 bits per heavy atom. The summed E-state index contributed by atoms with van der Waals surface area (Å²) in [6, 6.07) is 8.25. The molecule has 0 aliphatic rings. The van der Waals surface area contributed by atoms with Crippen LogP contribution in [0, 0.1) is 13.8 Å². The Hall–Kier alpha value is -2.51. The predicted molar refractivity (Wildman–Crippen MR) is 110 cm³/mol. The lowest BCUT2D eigenvalue weighted by atomic mass is 10.1. The number of nitrogens with one attached hydrogen (secondary N) is 1. The van der Waals surface area contributed by atoms with Crippen molar-refractivity contribution in [2.24, 2.45) is 0 Å². The Bertz CT molecular complexity index is 1140. The van der Waals surface area contributed by atoms with Gasteiger partial charge < -0.3 is 5.73 Å². The van der Waals surface area contributed by atoms with Crippen molar-refractivity contribution in [3.05, 3.63) is 45.3 Å². The van der Waals surface area contributed by atoms with Crippen LogP contribution in [0.15, 0.2) is 24.3 Å². The molecule has 0 fully saturated rings. The van der Waals surface area contributed by atoms with Crippen LogP contribution in [-0.2, 0) is 6.42 Å². The first kappa shape index (κ1) is 16.9. The number of benzene rings is 1. The molecule has 0 unspecified atom stereocenters. The number of thiophene rings is 1. The topological polar surface area (TPSA) is 80.9 Å². The molecule has 0 spiro atoms. The fourth-order valence-corrected chi connectivity index (χ4v) is 4.61. The Kier molecular flexibility index (Phi) is 4.13. The van der Waals surface area contributed by atoms with Crippen molar-refractivity contribution in [2.45, 2.75) is 27.2 Å². The summed E-state index contributed by atoms with van der Waals surface area (Å²) in [4.78, 5) is 24.1. The number of amides is 1. The summed E-state index contributed by atoms with van der Waals surface area (Å²) in [5, 5.41) is 5.31. The van der Waals surface area contributed by atoms with Crippen LogP contribution in [0.2, 0.25) is 0 Å². The molecule has 7 heteroatoms. The first-order chi connectivity index (χ1) is 12.5. The zero-order valence-electron chi connectivity index (χ0n) is 14.7. The average molecular weight is 383 g/mol. The molecule has 0 atom stereocenters. The van der Waals surface area contributed by atoms with Crippen molar-refractivity contribution >= 4 is 60.5 Å². The highest BCUT2D eigenvalue weighted by atomic mass is 32.1. The SMILES string of the molecule is CCc1ccc2nc3sc(C(=O)Nc4nc(C)c(C)s4)c(N)c3cc2c1. The van der Waals surface area contributed by atoms with Crippen LogP contribution < -0.4 is 11.1 Å². The lowest BCUT2D eigenvalue weighted by Crippen LogP contribution is -2.11. The quantitative estimate of drug-likeness (QED) is 0.527. The lowest BCUT2D eigenvalue weighted by Gasteiger charge is -2.02. The molecule has 4 rings (SSSR count). The number of fused-ring (bicyclic) bond motifs is 2. The van der Waals surface area contributed by atoms with Gasteiger partial charge in [0.25, 0.3) is 5.91 Å². The summed E-state index contributed by atoms with van der Waals surface area (Å²) < 4.78 is 0. The highest BCUT2D eigenvalue weighted by Crippen LogP contribution is 2.35. The van der Waals surface area contributed by atoms with Crippen molar-refractivity contribution in [2.75, 3.05) is 11.1 Å². The summed E-state index contributed by atoms with van der Waals surface area (Å²) in [6.07, 6.45) is 0.966. The predicted octanol–water partition coefficient (Wildman–Crippen LogP) is 4.92. The van der Waals surface area contributed by atoms with E-state index in [1.165, 1.54) is 28.2 Å². The monoisotopic (exact) mass is 382 g/mol. The Morgan fingerprint density at radius 1 is 1.19 bits per heavy atom. The van der Waals surface area contributed by atoms with E-state index in [1.807, 2.05) is 26.0 Å². The van der Waals surface area contributed by atoms with Gasteiger partial charge in [0.05, 0.1) is 16.9 Å². The normalized spacial score (nSPS) is 11.3. The lowest BCUT2D eigenvalue weighted by molar-refractivity contribution is 0.103. The van der Waals surface area contributed by atoms with Gasteiger partial charge in [-0.1, -0.05) is 13.0 Å². The fourth-order valence-electron chi connectivity index (χ4n) is 2.82. The number of rotatable bonds is 3. The van der Waals surface area contributed by atoms with Gasteiger partial charge in [0.15, 0.2) is 5.13 Å². The van der Waals surface area contributed by atoms with Crippen molar-refractivity contribution in [1.29, 1.82) is 0 Å². The van der Waals surface area contributed by atoms with E-state index in [9.17, 15) is 4.79 Å². The van der Waals surface area contributed by atoms with Gasteiger partial charge in [-0.05, 0) is 44.0 Å². The smallest absolute Gasteiger partial charge is 0.269 e. The van der Waals surface area contributed by atoms with Crippen molar-refractivity contribution in [1.82, 2.24) is 9.97 Å². The fraction of sp³-hybridized carbons (Fsp3) is 0.211. The largest absolute Gasteiger partial charge is 0.397 e. The molecule has 3 N–H and O–H groups in total. The second kappa shape index (κ2) is 6.34. The Labute approximate surface area is 158 Å². The Morgan fingerprint density at radius 3 is 2.69 bits per heavy atom. The van der Waals surface area contributed by atoms with E-state index >= 15 is 0 Å². The van der Waals surface area contributed by atoms with Crippen LogP contribution in [-0.4, -0.2) is 15.9 Å². The number of pyridine rings is 1. The summed E-state index contributed by atoms with van der Waals surface area (Å²) >= 11 is 2.78. The number of anilines is 2. The van der Waals surface area contributed by atoms with Gasteiger partial charge in [0.1, 0.15) is 9.71 Å². The third-order valence-corrected chi connectivity index (χ3v) is 6.54. The number of thiazole rings is 1. The maximum absolute atomic E-state index is 12.7. The van der Waals surface area contributed by atoms with Crippen LogP contribution >= 0.6 is 22.7 Å². The van der Waals surface area contributed by atoms with Gasteiger partial charge in [0, 0.05) is 15.6 Å². The minimum atomic E-state index is -0.238. The van der Waals surface area contributed by atoms with Gasteiger partial charge in [-0.2, -0.15) is 0 Å². The highest BCUT2D eigenvalue weighted by molar-refractivity contribution is 7.21. The number of hydrogen-bond acceptors (Lipinski definition) is 6. The molecule has 3 aromatic heterocycles. The molecular weight excluding hydrogens is 364 g/mol. The van der Waals surface area contributed by atoms with Crippen LogP contribution in [0.1, 0.15) is 32.7 Å². The highest BCUT2D eigenvalue weighted by Gasteiger charge is 2.19. The van der Waals surface area contributed by atoms with E-state index in [4.69, 9.17) is 5.73 Å². The molecule has 0 saturated carbocycles. The number of nitrogens with two attached hydrogens (primary N) is 1. The molecule has 26 heavy (non-hydrogen) atoms. The first-order valence-corrected chi connectivity index (χ1v) is 9.96. The third-order valence-electron chi connectivity index (χ3n) is 4.44. The molecule has 0 radical (unpaired) electrons. The molecule has 132 valence electrons. The zero-order chi connectivity index (χ0) is 18.4. The summed E-state index contributed by atoms with van der Waals surface area (Å²) in [7, 11) is 0. The van der Waals surface area contributed by atoms with Crippen molar-refractivity contribution in [3.8, 4) is 0 Å². The standard InChI is InChI=1S/C19H18N4OS2/c1-4-11-5-6-14-12(7-11)8-13-15(20)16(26-18(13)22-14)17(24)23-19-21-9(2)10(3)25-19/h5-8H,4,20H2,1-3H3,(H,21,23,24). The number of aryl methyl sites for hydroxylation is 3. The molecule has 0 aliphatic carbocycles. The second-order valence-corrected chi connectivity index (χ2v) is 8.38. The molecular formula is C19H18N4OS2. The van der Waals surface area contributed by atoms with Gasteiger partial charge in [-0.25, -0.2) is 9.97 Å². The molecule has 0 saturated heterocycles. The number of nitrogens with zero attached hydrogens (tertiary/aromatic N) is 2. The molecule has 5 nitrogen and oxygen atoms in total. The van der Waals surface area contributed by atoms with Gasteiger partial charge in [-0.15, -0.1) is 22.7 Å². The summed E-state index contributed by atoms with van der Waals surface area (Å²) in [6.45, 7) is 6.03. The minimum Gasteiger partial charge on any atom is -0.397 e. The van der Waals surface area contributed by atoms with E-state index in [1.54, 1.807) is 0 Å². The maximum Gasteiger partial charge on any atom is 0.269 e. The molecule has 3 heterocycles. The molecule has 0 bridgehead atoms. The van der Waals surface area contributed by atoms with Crippen molar-refractivity contribution in [3.63, 3.8) is 0 Å². The number of aromatic nitrogens is 2. The van der Waals surface area contributed by atoms with Gasteiger partial charge >= 0.3 is 0 Å². The van der Waals surface area contributed by atoms with Crippen LogP contribution in [0.3, 0.4) is 0 Å². The second-order valence-electron chi connectivity index (χ2n) is 6.18. The Balaban J connectivity index is 1.76. The number of nitrogen functional groups attached to an aromatic ring is 1. The molecule has 1 aromatic carbocycles. The zero-order valence-corrected chi connectivity index (χ0v) is 16.3. The first-order valence-electron chi connectivity index (χ1n) is 8.33. The third kappa shape index (κ3) is 2.83. The van der Waals surface area contributed by atoms with Crippen LogP contribution in [0.5, 0.6) is 0 Å². The molecule has 4 aromatic rings. The van der Waals surface area contributed by atoms with Gasteiger partial charge in [-0.3, -0.25) is 10.1 Å². The average Bonchev–Trinajstić information content (AvgIpc) is 3.11. The molecule has 0 aliphatic heterocycles. The summed E-state index contributed by atoms with van der Waals surface area (Å²) in [5.74, 6) is -0.238. The van der Waals surface area contributed by atoms with E-state index in [0.29, 0.717) is 15.7 Å². The number of hydrogen-bond donors (Lipinski definition) is 2. The summed E-state index contributed by atoms with van der Waals surface area (Å²) in [5.41, 5.74) is 9.84. The van der Waals surface area contributed by atoms with Crippen LogP contribution in [0.25, 0.3) is 21.1 Å². The van der Waals surface area contributed by atoms with E-state index < -0.39 is 0 Å². The van der Waals surface area contributed by atoms with Crippen molar-refractivity contribution < 1.29 is 4.79 Å². The van der Waals surface area contributed by atoms with E-state index in [2.05, 4.69) is 34.3 Å². The van der Waals surface area contributed by atoms with Gasteiger partial charge in [0.2, 0.25) is 0 Å². The molecule has 1 amide bonds. The van der Waals surface area contributed by atoms with E-state index in [0.717, 1.165) is 38.1 Å². The maximum atomic E-state index is 12.7. The van der Waals surface area contributed by atoms with E-state index in [-0.39, 0.29) is 5.91 Å². The van der Waals surface area contributed by atoms with Crippen LogP contribution in [0.4, 0.5) is 10.8 Å². The number of carbonyl (C=O) groups is 1.